The lowest BCUT2D eigenvalue weighted by atomic mass is 10.2. The molecule has 3 rings (SSSR count). The molecular weight excluding hydrogens is 456 g/mol. The highest BCUT2D eigenvalue weighted by atomic mass is 79.9. The van der Waals surface area contributed by atoms with E-state index in [2.05, 4.69) is 20.9 Å². The minimum Gasteiger partial charge on any atom is -0.330 e. The van der Waals surface area contributed by atoms with Crippen molar-refractivity contribution in [3.63, 3.8) is 0 Å². The summed E-state index contributed by atoms with van der Waals surface area (Å²) in [6, 6.07) is 9.33. The zero-order chi connectivity index (χ0) is 20.6. The number of halogens is 3. The molecule has 0 aliphatic rings. The van der Waals surface area contributed by atoms with Gasteiger partial charge in [0.25, 0.3) is 15.9 Å². The van der Waals surface area contributed by atoms with Crippen LogP contribution in [0.4, 0.5) is 8.78 Å². The molecule has 0 fully saturated rings. The van der Waals surface area contributed by atoms with E-state index in [4.69, 9.17) is 0 Å². The number of amides is 1. The number of carbonyl (C=O) groups excluding carboxylic acids is 1. The van der Waals surface area contributed by atoms with Crippen molar-refractivity contribution in [2.75, 3.05) is 0 Å². The van der Waals surface area contributed by atoms with Gasteiger partial charge in [0, 0.05) is 17.2 Å². The van der Waals surface area contributed by atoms with Gasteiger partial charge in [0.2, 0.25) is 0 Å². The molecule has 28 heavy (non-hydrogen) atoms. The summed E-state index contributed by atoms with van der Waals surface area (Å²) < 4.78 is 56.7. The zero-order valence-electron chi connectivity index (χ0n) is 14.7. The lowest BCUT2D eigenvalue weighted by Crippen LogP contribution is -2.31. The molecular formula is C18H14BrF2N3O3S. The molecule has 0 atom stereocenters. The van der Waals surface area contributed by atoms with Gasteiger partial charge in [-0.2, -0.15) is 0 Å². The number of hydrogen-bond donors (Lipinski definition) is 1. The van der Waals surface area contributed by atoms with Gasteiger partial charge in [0.1, 0.15) is 22.4 Å². The molecule has 0 bridgehead atoms. The highest BCUT2D eigenvalue weighted by Crippen LogP contribution is 2.27. The van der Waals surface area contributed by atoms with Crippen LogP contribution in [0.2, 0.25) is 0 Å². The Balaban J connectivity index is 2.02. The van der Waals surface area contributed by atoms with E-state index < -0.39 is 33.1 Å². The molecule has 0 aliphatic heterocycles. The van der Waals surface area contributed by atoms with Crippen LogP contribution in [-0.4, -0.2) is 23.9 Å². The predicted molar refractivity (Wildman–Crippen MR) is 102 cm³/mol. The quantitative estimate of drug-likeness (QED) is 0.633. The summed E-state index contributed by atoms with van der Waals surface area (Å²) >= 11 is 3.12. The van der Waals surface area contributed by atoms with Crippen LogP contribution >= 0.6 is 15.9 Å². The Hall–Kier alpha value is -2.59. The maximum atomic E-state index is 14.1. The highest BCUT2D eigenvalue weighted by Gasteiger charge is 2.27. The number of imidazole rings is 1. The SMILES string of the molecule is Cc1c(C(=O)NS(=O)(=O)c2ccccc2Br)nc(-c2c(F)cccc2F)n1C. The van der Waals surface area contributed by atoms with Crippen molar-refractivity contribution in [3.05, 3.63) is 70.0 Å². The predicted octanol–water partition coefficient (Wildman–Crippen LogP) is 3.55. The fourth-order valence-electron chi connectivity index (χ4n) is 2.62. The number of nitrogens with one attached hydrogen (secondary N) is 1. The Labute approximate surface area is 168 Å². The molecule has 10 heteroatoms. The lowest BCUT2D eigenvalue weighted by Gasteiger charge is -2.07. The topological polar surface area (TPSA) is 81.1 Å². The Kier molecular flexibility index (Phi) is 5.35. The molecule has 0 unspecified atom stereocenters. The maximum absolute atomic E-state index is 14.1. The monoisotopic (exact) mass is 469 g/mol. The van der Waals surface area contributed by atoms with Gasteiger partial charge < -0.3 is 4.57 Å². The molecule has 0 spiro atoms. The van der Waals surface area contributed by atoms with E-state index in [1.54, 1.807) is 6.07 Å². The van der Waals surface area contributed by atoms with Crippen LogP contribution in [0.25, 0.3) is 11.4 Å². The van der Waals surface area contributed by atoms with Gasteiger partial charge in [-0.3, -0.25) is 4.79 Å². The molecule has 1 heterocycles. The Morgan fingerprint density at radius 3 is 2.32 bits per heavy atom. The zero-order valence-corrected chi connectivity index (χ0v) is 17.1. The third kappa shape index (κ3) is 3.57. The van der Waals surface area contributed by atoms with Crippen molar-refractivity contribution in [2.45, 2.75) is 11.8 Å². The van der Waals surface area contributed by atoms with Gasteiger partial charge in [-0.05, 0) is 47.1 Å². The van der Waals surface area contributed by atoms with Crippen LogP contribution in [0.3, 0.4) is 0 Å². The van der Waals surface area contributed by atoms with Gasteiger partial charge in [-0.1, -0.05) is 18.2 Å². The van der Waals surface area contributed by atoms with E-state index in [0.717, 1.165) is 12.1 Å². The standard InChI is InChI=1S/C18H14BrF2N3O3S/c1-10-16(18(25)23-28(26,27)14-9-4-3-6-11(14)19)22-17(24(10)2)15-12(20)7-5-8-13(15)21/h3-9H,1-2H3,(H,23,25). The van der Waals surface area contributed by atoms with Crippen molar-refractivity contribution >= 4 is 31.9 Å². The molecule has 1 aromatic heterocycles. The van der Waals surface area contributed by atoms with E-state index in [9.17, 15) is 22.0 Å². The molecule has 6 nitrogen and oxygen atoms in total. The number of aromatic nitrogens is 2. The van der Waals surface area contributed by atoms with Crippen molar-refractivity contribution in [2.24, 2.45) is 7.05 Å². The molecule has 146 valence electrons. The van der Waals surface area contributed by atoms with E-state index >= 15 is 0 Å². The van der Waals surface area contributed by atoms with Gasteiger partial charge in [0.05, 0.1) is 5.56 Å². The van der Waals surface area contributed by atoms with Gasteiger partial charge in [-0.25, -0.2) is 26.9 Å². The number of sulfonamides is 1. The van der Waals surface area contributed by atoms with Crippen molar-refractivity contribution in [3.8, 4) is 11.4 Å². The molecule has 2 aromatic carbocycles. The van der Waals surface area contributed by atoms with E-state index in [0.29, 0.717) is 0 Å². The molecule has 1 N–H and O–H groups in total. The lowest BCUT2D eigenvalue weighted by molar-refractivity contribution is 0.0976. The van der Waals surface area contributed by atoms with Crippen LogP contribution in [0.5, 0.6) is 0 Å². The normalized spacial score (nSPS) is 11.5. The summed E-state index contributed by atoms with van der Waals surface area (Å²) in [6.45, 7) is 1.50. The van der Waals surface area contributed by atoms with Crippen LogP contribution in [0.1, 0.15) is 16.2 Å². The second-order valence-electron chi connectivity index (χ2n) is 5.89. The molecule has 0 saturated heterocycles. The Morgan fingerprint density at radius 2 is 1.71 bits per heavy atom. The third-order valence-corrected chi connectivity index (χ3v) is 6.48. The van der Waals surface area contributed by atoms with Crippen molar-refractivity contribution in [1.29, 1.82) is 0 Å². The van der Waals surface area contributed by atoms with Crippen LogP contribution < -0.4 is 4.72 Å². The van der Waals surface area contributed by atoms with Gasteiger partial charge in [-0.15, -0.1) is 0 Å². The molecule has 0 radical (unpaired) electrons. The van der Waals surface area contributed by atoms with Crippen molar-refractivity contribution in [1.82, 2.24) is 14.3 Å². The number of nitrogens with zero attached hydrogens (tertiary/aromatic N) is 2. The average molecular weight is 470 g/mol. The van der Waals surface area contributed by atoms with Gasteiger partial charge >= 0.3 is 0 Å². The summed E-state index contributed by atoms with van der Waals surface area (Å²) in [7, 11) is -2.71. The molecule has 0 aliphatic carbocycles. The minimum absolute atomic E-state index is 0.127. The smallest absolute Gasteiger partial charge is 0.285 e. The molecule has 0 saturated carbocycles. The minimum atomic E-state index is -4.18. The van der Waals surface area contributed by atoms with Crippen LogP contribution in [0.15, 0.2) is 51.8 Å². The highest BCUT2D eigenvalue weighted by molar-refractivity contribution is 9.10. The fraction of sp³-hybridized carbons (Fsp3) is 0.111. The summed E-state index contributed by atoms with van der Waals surface area (Å²) in [4.78, 5) is 16.4. The molecule has 1 amide bonds. The second-order valence-corrected chi connectivity index (χ2v) is 8.40. The van der Waals surface area contributed by atoms with E-state index in [1.165, 1.54) is 42.8 Å². The number of hydrogen-bond acceptors (Lipinski definition) is 4. The number of rotatable bonds is 4. The van der Waals surface area contributed by atoms with Gasteiger partial charge in [0.15, 0.2) is 5.69 Å². The first-order valence-electron chi connectivity index (χ1n) is 7.93. The summed E-state index contributed by atoms with van der Waals surface area (Å²) in [6.07, 6.45) is 0. The third-order valence-electron chi connectivity index (χ3n) is 4.14. The largest absolute Gasteiger partial charge is 0.330 e. The van der Waals surface area contributed by atoms with E-state index in [1.807, 2.05) is 4.72 Å². The second kappa shape index (κ2) is 7.44. The first-order chi connectivity index (χ1) is 13.1. The first-order valence-corrected chi connectivity index (χ1v) is 10.2. The Bertz CT molecular complexity index is 1170. The fourth-order valence-corrected chi connectivity index (χ4v) is 4.57. The molecule has 3 aromatic rings. The Morgan fingerprint density at radius 1 is 1.11 bits per heavy atom. The van der Waals surface area contributed by atoms with Crippen LogP contribution in [-0.2, 0) is 17.1 Å². The van der Waals surface area contributed by atoms with Crippen LogP contribution in [0, 0.1) is 18.6 Å². The summed E-state index contributed by atoms with van der Waals surface area (Å²) in [5.41, 5.74) is -0.408. The first kappa shape index (κ1) is 20.2. The maximum Gasteiger partial charge on any atom is 0.285 e. The summed E-state index contributed by atoms with van der Waals surface area (Å²) in [5.74, 6) is -2.83. The average Bonchev–Trinajstić information content (AvgIpc) is 2.90. The van der Waals surface area contributed by atoms with E-state index in [-0.39, 0.29) is 26.6 Å². The van der Waals surface area contributed by atoms with Crippen molar-refractivity contribution < 1.29 is 22.0 Å². The number of benzene rings is 2. The summed E-state index contributed by atoms with van der Waals surface area (Å²) in [5, 5.41) is 0. The number of carbonyl (C=O) groups is 1.